The molecule has 0 saturated carbocycles. The zero-order chi connectivity index (χ0) is 26.7. The summed E-state index contributed by atoms with van der Waals surface area (Å²) >= 11 is 0. The van der Waals surface area contributed by atoms with Crippen LogP contribution in [-0.4, -0.2) is 42.5 Å². The predicted molar refractivity (Wildman–Crippen MR) is 141 cm³/mol. The first-order valence-electron chi connectivity index (χ1n) is 11.5. The Balaban J connectivity index is 1.33. The van der Waals surface area contributed by atoms with E-state index in [-0.39, 0.29) is 17.2 Å². The number of aromatic nitrogens is 2. The van der Waals surface area contributed by atoms with Crippen LogP contribution in [0.15, 0.2) is 88.8 Å². The van der Waals surface area contributed by atoms with Crippen LogP contribution in [0.25, 0.3) is 11.3 Å². The van der Waals surface area contributed by atoms with Crippen LogP contribution in [0, 0.1) is 11.3 Å². The van der Waals surface area contributed by atoms with Gasteiger partial charge in [0.25, 0.3) is 5.56 Å². The van der Waals surface area contributed by atoms with Gasteiger partial charge in [-0.25, -0.2) is 15.2 Å². The maximum absolute atomic E-state index is 12.4. The molecule has 1 heterocycles. The lowest BCUT2D eigenvalue weighted by atomic mass is 10.1. The number of nitrogens with one attached hydrogen (secondary N) is 2. The van der Waals surface area contributed by atoms with Crippen LogP contribution in [0.5, 0.6) is 11.5 Å². The van der Waals surface area contributed by atoms with Crippen LogP contribution >= 0.6 is 0 Å². The molecule has 0 atom stereocenters. The molecule has 0 fully saturated rings. The number of hydrazone groups is 1. The number of hydrogen-bond acceptors (Lipinski definition) is 9. The molecule has 0 amide bonds. The van der Waals surface area contributed by atoms with E-state index in [0.717, 1.165) is 5.56 Å². The number of H-pyrrole nitrogens is 1. The van der Waals surface area contributed by atoms with Gasteiger partial charge in [-0.15, -0.1) is 0 Å². The van der Waals surface area contributed by atoms with E-state index in [4.69, 9.17) is 9.47 Å². The number of carbonyl (C=O) groups is 1. The number of nitrogens with zero attached hydrogens (tertiary/aromatic N) is 3. The first-order valence-corrected chi connectivity index (χ1v) is 11.5. The number of rotatable bonds is 10. The van der Waals surface area contributed by atoms with E-state index in [9.17, 15) is 14.9 Å². The van der Waals surface area contributed by atoms with Crippen molar-refractivity contribution in [2.45, 2.75) is 0 Å². The zero-order valence-corrected chi connectivity index (χ0v) is 20.4. The maximum Gasteiger partial charge on any atom is 0.337 e. The molecule has 0 bridgehead atoms. The molecule has 4 rings (SSSR count). The van der Waals surface area contributed by atoms with Crippen molar-refractivity contribution in [3.05, 3.63) is 106 Å². The fourth-order valence-electron chi connectivity index (χ4n) is 3.41. The molecule has 10 heteroatoms. The number of carbonyl (C=O) groups excluding carboxylic acids is 1. The largest absolute Gasteiger partial charge is 0.490 e. The number of aromatic amines is 1. The third kappa shape index (κ3) is 6.61. The minimum absolute atomic E-state index is 0.0715. The average molecular weight is 510 g/mol. The number of benzene rings is 3. The molecule has 0 aliphatic heterocycles. The zero-order valence-electron chi connectivity index (χ0n) is 20.4. The van der Waals surface area contributed by atoms with Gasteiger partial charge in [0.2, 0.25) is 5.95 Å². The molecule has 4 aromatic rings. The van der Waals surface area contributed by atoms with Gasteiger partial charge in [-0.1, -0.05) is 42.5 Å². The summed E-state index contributed by atoms with van der Waals surface area (Å²) in [6.45, 7) is 0.606. The van der Waals surface area contributed by atoms with Crippen molar-refractivity contribution in [1.82, 2.24) is 9.97 Å². The van der Waals surface area contributed by atoms with Gasteiger partial charge in [0, 0.05) is 5.56 Å². The third-order valence-corrected chi connectivity index (χ3v) is 5.22. The quantitative estimate of drug-likeness (QED) is 0.142. The van der Waals surface area contributed by atoms with Crippen molar-refractivity contribution in [3.63, 3.8) is 0 Å². The topological polar surface area (TPSA) is 139 Å². The molecule has 0 unspecified atom stereocenters. The van der Waals surface area contributed by atoms with E-state index < -0.39 is 11.5 Å². The highest BCUT2D eigenvalue weighted by Crippen LogP contribution is 2.19. The molecule has 0 aliphatic carbocycles. The van der Waals surface area contributed by atoms with Crippen LogP contribution < -0.4 is 20.5 Å². The van der Waals surface area contributed by atoms with Crippen LogP contribution in [0.4, 0.5) is 5.95 Å². The lowest BCUT2D eigenvalue weighted by Gasteiger charge is -2.09. The second-order valence-electron chi connectivity index (χ2n) is 7.77. The first-order chi connectivity index (χ1) is 18.6. The van der Waals surface area contributed by atoms with Crippen molar-refractivity contribution in [2.75, 3.05) is 25.7 Å². The van der Waals surface area contributed by atoms with E-state index in [1.807, 2.05) is 30.3 Å². The van der Waals surface area contributed by atoms with Gasteiger partial charge >= 0.3 is 5.97 Å². The highest BCUT2D eigenvalue weighted by Gasteiger charge is 2.12. The number of nitriles is 1. The van der Waals surface area contributed by atoms with Gasteiger partial charge < -0.3 is 14.2 Å². The third-order valence-electron chi connectivity index (χ3n) is 5.22. The molecule has 0 saturated heterocycles. The SMILES string of the molecule is COC(=O)c1ccc(OCCOc2cccc(C=NNc3nc(-c4ccccc4)c(C#N)c(=O)[nH]3)c2)cc1. The van der Waals surface area contributed by atoms with Crippen LogP contribution in [0.1, 0.15) is 21.5 Å². The molecule has 3 aromatic carbocycles. The number of anilines is 1. The first kappa shape index (κ1) is 25.7. The molecule has 0 aliphatic rings. The Kier molecular flexibility index (Phi) is 8.44. The number of hydrogen-bond donors (Lipinski definition) is 2. The number of esters is 1. The van der Waals surface area contributed by atoms with Crippen LogP contribution in [-0.2, 0) is 4.74 Å². The molecular weight excluding hydrogens is 486 g/mol. The molecule has 1 aromatic heterocycles. The van der Waals surface area contributed by atoms with Gasteiger partial charge in [0.1, 0.15) is 36.3 Å². The van der Waals surface area contributed by atoms with Gasteiger partial charge in [0.05, 0.1) is 24.6 Å². The maximum atomic E-state index is 12.4. The Morgan fingerprint density at radius 1 is 1.03 bits per heavy atom. The Bertz CT molecular complexity index is 1530. The van der Waals surface area contributed by atoms with E-state index in [0.29, 0.717) is 35.8 Å². The second-order valence-corrected chi connectivity index (χ2v) is 7.77. The molecule has 2 N–H and O–H groups in total. The molecular formula is C28H23N5O5. The summed E-state index contributed by atoms with van der Waals surface area (Å²) in [5.41, 5.74) is 4.18. The molecule has 190 valence electrons. The summed E-state index contributed by atoms with van der Waals surface area (Å²) in [6, 6.07) is 24.8. The van der Waals surface area contributed by atoms with E-state index in [1.165, 1.54) is 7.11 Å². The summed E-state index contributed by atoms with van der Waals surface area (Å²) in [6.07, 6.45) is 1.55. The van der Waals surface area contributed by atoms with E-state index in [2.05, 4.69) is 25.2 Å². The monoisotopic (exact) mass is 509 g/mol. The summed E-state index contributed by atoms with van der Waals surface area (Å²) in [7, 11) is 1.33. The minimum atomic E-state index is -0.559. The summed E-state index contributed by atoms with van der Waals surface area (Å²) in [5, 5.41) is 13.5. The minimum Gasteiger partial charge on any atom is -0.490 e. The molecule has 10 nitrogen and oxygen atoms in total. The van der Waals surface area contributed by atoms with E-state index in [1.54, 1.807) is 60.8 Å². The molecule has 0 spiro atoms. The van der Waals surface area contributed by atoms with Crippen molar-refractivity contribution >= 4 is 18.1 Å². The molecule has 0 radical (unpaired) electrons. The van der Waals surface area contributed by atoms with Gasteiger partial charge in [0.15, 0.2) is 0 Å². The highest BCUT2D eigenvalue weighted by molar-refractivity contribution is 5.89. The molecule has 38 heavy (non-hydrogen) atoms. The Morgan fingerprint density at radius 2 is 1.76 bits per heavy atom. The van der Waals surface area contributed by atoms with E-state index >= 15 is 0 Å². The van der Waals surface area contributed by atoms with Crippen LogP contribution in [0.2, 0.25) is 0 Å². The number of ether oxygens (including phenoxy) is 3. The fraction of sp³-hybridized carbons (Fsp3) is 0.107. The van der Waals surface area contributed by atoms with Gasteiger partial charge in [-0.2, -0.15) is 10.4 Å². The Morgan fingerprint density at radius 3 is 2.47 bits per heavy atom. The Hall–Kier alpha value is -5.43. The normalized spacial score (nSPS) is 10.5. The summed E-state index contributed by atoms with van der Waals surface area (Å²) in [4.78, 5) is 30.7. The standard InChI is InChI=1S/C28H23N5O5/c1-36-27(35)21-10-12-22(13-11-21)37-14-15-38-23-9-5-6-19(16-23)18-30-33-28-31-25(20-7-3-2-4-8-20)24(17-29)26(34)32-28/h2-13,16,18H,14-15H2,1H3,(H2,31,32,33,34). The van der Waals surface area contributed by atoms with Gasteiger partial charge in [-0.3, -0.25) is 9.78 Å². The lowest BCUT2D eigenvalue weighted by molar-refractivity contribution is 0.0600. The van der Waals surface area contributed by atoms with Gasteiger partial charge in [-0.05, 0) is 42.0 Å². The van der Waals surface area contributed by atoms with Crippen molar-refractivity contribution < 1.29 is 19.0 Å². The lowest BCUT2D eigenvalue weighted by Crippen LogP contribution is -2.16. The fourth-order valence-corrected chi connectivity index (χ4v) is 3.41. The average Bonchev–Trinajstić information content (AvgIpc) is 2.95. The van der Waals surface area contributed by atoms with Crippen LogP contribution in [0.3, 0.4) is 0 Å². The number of methoxy groups -OCH3 is 1. The summed E-state index contributed by atoms with van der Waals surface area (Å²) in [5.74, 6) is 0.929. The smallest absolute Gasteiger partial charge is 0.337 e. The van der Waals surface area contributed by atoms with Crippen molar-refractivity contribution in [2.24, 2.45) is 5.10 Å². The predicted octanol–water partition coefficient (Wildman–Crippen LogP) is 4.00. The summed E-state index contributed by atoms with van der Waals surface area (Å²) < 4.78 is 16.1. The highest BCUT2D eigenvalue weighted by atomic mass is 16.5. The second kappa shape index (κ2) is 12.5. The van der Waals surface area contributed by atoms with Crippen molar-refractivity contribution in [3.8, 4) is 28.8 Å². The van der Waals surface area contributed by atoms with Crippen molar-refractivity contribution in [1.29, 1.82) is 5.26 Å². The Labute approximate surface area is 218 Å².